The molecule has 4 rings (SSSR count). The van der Waals surface area contributed by atoms with E-state index in [2.05, 4.69) is 9.97 Å². The van der Waals surface area contributed by atoms with Gasteiger partial charge in [-0.15, -0.1) is 0 Å². The molecule has 0 aliphatic carbocycles. The third kappa shape index (κ3) is 4.07. The maximum Gasteiger partial charge on any atom is 0.254 e. The summed E-state index contributed by atoms with van der Waals surface area (Å²) in [5.74, 6) is 0.823. The second-order valence-corrected chi connectivity index (χ2v) is 6.77. The van der Waals surface area contributed by atoms with Gasteiger partial charge in [0.1, 0.15) is 13.2 Å². The molecule has 0 fully saturated rings. The van der Waals surface area contributed by atoms with E-state index >= 15 is 0 Å². The Morgan fingerprint density at radius 2 is 1.79 bits per heavy atom. The lowest BCUT2D eigenvalue weighted by Gasteiger charge is -2.25. The van der Waals surface area contributed by atoms with Crippen LogP contribution in [-0.2, 0) is 13.1 Å². The van der Waals surface area contributed by atoms with Crippen LogP contribution in [-0.4, -0.2) is 34.0 Å². The molecule has 2 aromatic heterocycles. The van der Waals surface area contributed by atoms with Crippen LogP contribution in [0.25, 0.3) is 0 Å². The predicted octanol–water partition coefficient (Wildman–Crippen LogP) is 3.74. The average molecular weight is 396 g/mol. The summed E-state index contributed by atoms with van der Waals surface area (Å²) in [6.45, 7) is 1.72. The van der Waals surface area contributed by atoms with Crippen molar-refractivity contribution in [3.8, 4) is 11.5 Å². The molecule has 3 heterocycles. The SMILES string of the molecule is O=C(c1cc(Cl)c2c(c1)OCCO2)N(Cc1ccncc1)Cc1cccnc1. The van der Waals surface area contributed by atoms with Crippen molar-refractivity contribution in [2.24, 2.45) is 0 Å². The third-order valence-electron chi connectivity index (χ3n) is 4.35. The van der Waals surface area contributed by atoms with E-state index in [1.807, 2.05) is 24.3 Å². The number of amides is 1. The van der Waals surface area contributed by atoms with Crippen LogP contribution in [0.5, 0.6) is 11.5 Å². The first-order valence-electron chi connectivity index (χ1n) is 8.87. The van der Waals surface area contributed by atoms with E-state index in [0.29, 0.717) is 48.4 Å². The summed E-state index contributed by atoms with van der Waals surface area (Å²) in [7, 11) is 0. The number of hydrogen-bond acceptors (Lipinski definition) is 5. The average Bonchev–Trinajstić information content (AvgIpc) is 2.74. The quantitative estimate of drug-likeness (QED) is 0.658. The van der Waals surface area contributed by atoms with E-state index in [4.69, 9.17) is 21.1 Å². The second kappa shape index (κ2) is 8.27. The van der Waals surface area contributed by atoms with Gasteiger partial charge < -0.3 is 14.4 Å². The van der Waals surface area contributed by atoms with Crippen LogP contribution in [0.4, 0.5) is 0 Å². The summed E-state index contributed by atoms with van der Waals surface area (Å²) >= 11 is 6.32. The Hall–Kier alpha value is -3.12. The number of halogens is 1. The first-order valence-corrected chi connectivity index (χ1v) is 9.25. The molecule has 0 bridgehead atoms. The van der Waals surface area contributed by atoms with Gasteiger partial charge in [0.2, 0.25) is 0 Å². The van der Waals surface area contributed by atoms with Crippen molar-refractivity contribution in [2.45, 2.75) is 13.1 Å². The monoisotopic (exact) mass is 395 g/mol. The Morgan fingerprint density at radius 1 is 1.00 bits per heavy atom. The number of benzene rings is 1. The van der Waals surface area contributed by atoms with E-state index in [9.17, 15) is 4.79 Å². The zero-order valence-corrected chi connectivity index (χ0v) is 15.8. The minimum atomic E-state index is -0.153. The fraction of sp³-hybridized carbons (Fsp3) is 0.190. The van der Waals surface area contributed by atoms with Crippen molar-refractivity contribution in [2.75, 3.05) is 13.2 Å². The van der Waals surface area contributed by atoms with Gasteiger partial charge in [-0.05, 0) is 41.5 Å². The molecular formula is C21H18ClN3O3. The van der Waals surface area contributed by atoms with Crippen molar-refractivity contribution in [1.29, 1.82) is 0 Å². The van der Waals surface area contributed by atoms with Gasteiger partial charge in [0.05, 0.1) is 5.02 Å². The Morgan fingerprint density at radius 3 is 2.57 bits per heavy atom. The molecule has 3 aromatic rings. The molecule has 1 aliphatic rings. The maximum absolute atomic E-state index is 13.3. The summed E-state index contributed by atoms with van der Waals surface area (Å²) < 4.78 is 11.2. The fourth-order valence-corrected chi connectivity index (χ4v) is 3.30. The number of rotatable bonds is 5. The standard InChI is InChI=1S/C21H18ClN3O3/c22-18-10-17(11-19-20(18)28-9-8-27-19)21(26)25(13-15-3-6-23-7-4-15)14-16-2-1-5-24-12-16/h1-7,10-12H,8-9,13-14H2. The highest BCUT2D eigenvalue weighted by atomic mass is 35.5. The number of fused-ring (bicyclic) bond motifs is 1. The second-order valence-electron chi connectivity index (χ2n) is 6.36. The highest BCUT2D eigenvalue weighted by molar-refractivity contribution is 6.32. The Kier molecular flexibility index (Phi) is 5.39. The first kappa shape index (κ1) is 18.3. The number of carbonyl (C=O) groups excluding carboxylic acids is 1. The van der Waals surface area contributed by atoms with E-state index in [-0.39, 0.29) is 5.91 Å². The van der Waals surface area contributed by atoms with Gasteiger partial charge in [-0.25, -0.2) is 0 Å². The van der Waals surface area contributed by atoms with Crippen LogP contribution in [0.1, 0.15) is 21.5 Å². The molecule has 1 aromatic carbocycles. The normalized spacial score (nSPS) is 12.5. The molecule has 0 atom stereocenters. The van der Waals surface area contributed by atoms with Crippen LogP contribution < -0.4 is 9.47 Å². The molecular weight excluding hydrogens is 378 g/mol. The van der Waals surface area contributed by atoms with Crippen LogP contribution in [0, 0.1) is 0 Å². The van der Waals surface area contributed by atoms with Crippen LogP contribution in [0.3, 0.4) is 0 Å². The summed E-state index contributed by atoms with van der Waals surface area (Å²) in [5.41, 5.74) is 2.37. The van der Waals surface area contributed by atoms with Crippen molar-refractivity contribution in [3.63, 3.8) is 0 Å². The highest BCUT2D eigenvalue weighted by Gasteiger charge is 2.23. The Bertz CT molecular complexity index is 926. The highest BCUT2D eigenvalue weighted by Crippen LogP contribution is 2.38. The Balaban J connectivity index is 1.65. The lowest BCUT2D eigenvalue weighted by molar-refractivity contribution is 0.0728. The van der Waals surface area contributed by atoms with Crippen LogP contribution >= 0.6 is 11.6 Å². The van der Waals surface area contributed by atoms with Gasteiger partial charge in [0.15, 0.2) is 11.5 Å². The van der Waals surface area contributed by atoms with Crippen molar-refractivity contribution in [3.05, 3.63) is 82.9 Å². The molecule has 6 nitrogen and oxygen atoms in total. The Labute approximate surface area is 167 Å². The number of aromatic nitrogens is 2. The maximum atomic E-state index is 13.3. The first-order chi connectivity index (χ1) is 13.7. The van der Waals surface area contributed by atoms with Gasteiger partial charge in [0.25, 0.3) is 5.91 Å². The number of ether oxygens (including phenoxy) is 2. The van der Waals surface area contributed by atoms with Crippen LogP contribution in [0.15, 0.2) is 61.2 Å². The van der Waals surface area contributed by atoms with Gasteiger partial charge in [0, 0.05) is 43.4 Å². The molecule has 7 heteroatoms. The van der Waals surface area contributed by atoms with E-state index < -0.39 is 0 Å². The predicted molar refractivity (Wildman–Crippen MR) is 104 cm³/mol. The van der Waals surface area contributed by atoms with E-state index in [1.54, 1.807) is 41.8 Å². The fourth-order valence-electron chi connectivity index (χ4n) is 3.04. The molecule has 1 amide bonds. The van der Waals surface area contributed by atoms with E-state index in [1.165, 1.54) is 0 Å². The smallest absolute Gasteiger partial charge is 0.254 e. The third-order valence-corrected chi connectivity index (χ3v) is 4.63. The minimum absolute atomic E-state index is 0.153. The van der Waals surface area contributed by atoms with Gasteiger partial charge in [-0.1, -0.05) is 17.7 Å². The summed E-state index contributed by atoms with van der Waals surface area (Å²) in [6.07, 6.45) is 6.88. The molecule has 0 spiro atoms. The molecule has 0 radical (unpaired) electrons. The number of nitrogens with zero attached hydrogens (tertiary/aromatic N) is 3. The molecule has 0 unspecified atom stereocenters. The molecule has 1 aliphatic heterocycles. The number of carbonyl (C=O) groups is 1. The minimum Gasteiger partial charge on any atom is -0.486 e. The van der Waals surface area contributed by atoms with Gasteiger partial charge in [-0.2, -0.15) is 0 Å². The molecule has 0 saturated carbocycles. The zero-order chi connectivity index (χ0) is 19.3. The van der Waals surface area contributed by atoms with Gasteiger partial charge in [-0.3, -0.25) is 14.8 Å². The largest absolute Gasteiger partial charge is 0.486 e. The summed E-state index contributed by atoms with van der Waals surface area (Å²) in [5, 5.41) is 0.366. The summed E-state index contributed by atoms with van der Waals surface area (Å²) in [6, 6.07) is 10.9. The molecule has 142 valence electrons. The van der Waals surface area contributed by atoms with Crippen molar-refractivity contribution >= 4 is 17.5 Å². The van der Waals surface area contributed by atoms with Gasteiger partial charge >= 0.3 is 0 Å². The summed E-state index contributed by atoms with van der Waals surface area (Å²) in [4.78, 5) is 23.3. The van der Waals surface area contributed by atoms with Crippen molar-refractivity contribution in [1.82, 2.24) is 14.9 Å². The zero-order valence-electron chi connectivity index (χ0n) is 15.0. The van der Waals surface area contributed by atoms with Crippen molar-refractivity contribution < 1.29 is 14.3 Å². The number of pyridine rings is 2. The lowest BCUT2D eigenvalue weighted by atomic mass is 10.1. The van der Waals surface area contributed by atoms with Crippen LogP contribution in [0.2, 0.25) is 5.02 Å². The topological polar surface area (TPSA) is 64.6 Å². The van der Waals surface area contributed by atoms with E-state index in [0.717, 1.165) is 11.1 Å². The number of hydrogen-bond donors (Lipinski definition) is 0. The molecule has 0 saturated heterocycles. The molecule has 0 N–H and O–H groups in total. The lowest BCUT2D eigenvalue weighted by Crippen LogP contribution is -2.30. The molecule has 28 heavy (non-hydrogen) atoms.